The summed E-state index contributed by atoms with van der Waals surface area (Å²) in [5, 5.41) is 7.45. The number of rotatable bonds is 8. The summed E-state index contributed by atoms with van der Waals surface area (Å²) in [7, 11) is 0. The Hall–Kier alpha value is -2.29. The molecule has 9 heteroatoms. The number of nitrogens with one attached hydrogen (secondary N) is 2. The lowest BCUT2D eigenvalue weighted by Crippen LogP contribution is -2.36. The quantitative estimate of drug-likeness (QED) is 0.515. The van der Waals surface area contributed by atoms with Crippen LogP contribution in [0.3, 0.4) is 0 Å². The van der Waals surface area contributed by atoms with Crippen LogP contribution >= 0.6 is 11.3 Å². The summed E-state index contributed by atoms with van der Waals surface area (Å²) in [6.07, 6.45) is -3.48. The largest absolute Gasteiger partial charge is 0.494 e. The van der Waals surface area contributed by atoms with E-state index in [0.29, 0.717) is 30.7 Å². The summed E-state index contributed by atoms with van der Waals surface area (Å²) in [5.41, 5.74) is 0.115. The van der Waals surface area contributed by atoms with Gasteiger partial charge in [0.25, 0.3) is 0 Å². The van der Waals surface area contributed by atoms with Crippen LogP contribution in [0, 0.1) is 0 Å². The maximum absolute atomic E-state index is 12.6. The van der Waals surface area contributed by atoms with Crippen LogP contribution in [0.25, 0.3) is 0 Å². The molecule has 2 aromatic rings. The molecule has 0 aliphatic heterocycles. The van der Waals surface area contributed by atoms with Gasteiger partial charge in [0.1, 0.15) is 10.8 Å². The number of guanidine groups is 1. The lowest BCUT2D eigenvalue weighted by atomic mass is 10.2. The highest BCUT2D eigenvalue weighted by atomic mass is 32.1. The molecule has 0 unspecified atom stereocenters. The van der Waals surface area contributed by atoms with Gasteiger partial charge in [0.15, 0.2) is 11.7 Å². The van der Waals surface area contributed by atoms with Crippen LogP contribution in [0.5, 0.6) is 5.75 Å². The van der Waals surface area contributed by atoms with Gasteiger partial charge in [0.05, 0.1) is 19.7 Å². The summed E-state index contributed by atoms with van der Waals surface area (Å²) >= 11 is 0.968. The average Bonchev–Trinajstić information content (AvgIpc) is 3.12. The maximum atomic E-state index is 12.6. The number of hydrogen-bond acceptors (Lipinski definition) is 4. The lowest BCUT2D eigenvalue weighted by molar-refractivity contribution is -0.140. The van der Waals surface area contributed by atoms with Crippen LogP contribution in [-0.4, -0.2) is 24.1 Å². The molecular weight excluding hydrogens is 377 g/mol. The first-order valence-electron chi connectivity index (χ1n) is 8.68. The lowest BCUT2D eigenvalue weighted by Gasteiger charge is -2.10. The second kappa shape index (κ2) is 10.1. The molecule has 5 nitrogen and oxygen atoms in total. The SMILES string of the molecule is CCCOc1cccc(CN=C(NCC)NCc2nc(C(F)(F)F)cs2)c1. The van der Waals surface area contributed by atoms with E-state index < -0.39 is 11.9 Å². The van der Waals surface area contributed by atoms with E-state index in [0.717, 1.165) is 34.5 Å². The number of thiazole rings is 1. The van der Waals surface area contributed by atoms with Crippen molar-refractivity contribution in [2.75, 3.05) is 13.2 Å². The number of alkyl halides is 3. The molecule has 1 aromatic heterocycles. The minimum Gasteiger partial charge on any atom is -0.494 e. The van der Waals surface area contributed by atoms with E-state index >= 15 is 0 Å². The van der Waals surface area contributed by atoms with Crippen LogP contribution in [-0.2, 0) is 19.3 Å². The van der Waals surface area contributed by atoms with Gasteiger partial charge in [-0.15, -0.1) is 11.3 Å². The molecule has 0 spiro atoms. The van der Waals surface area contributed by atoms with Crippen molar-refractivity contribution in [3.8, 4) is 5.75 Å². The highest BCUT2D eigenvalue weighted by Crippen LogP contribution is 2.29. The Morgan fingerprint density at radius 2 is 2.07 bits per heavy atom. The Labute approximate surface area is 160 Å². The minimum absolute atomic E-state index is 0.173. The van der Waals surface area contributed by atoms with Crippen LogP contribution < -0.4 is 15.4 Å². The first-order valence-corrected chi connectivity index (χ1v) is 9.55. The molecule has 1 heterocycles. The van der Waals surface area contributed by atoms with Crippen molar-refractivity contribution >= 4 is 17.3 Å². The van der Waals surface area contributed by atoms with Gasteiger partial charge in [-0.1, -0.05) is 19.1 Å². The van der Waals surface area contributed by atoms with Crippen LogP contribution in [0.15, 0.2) is 34.6 Å². The Kier molecular flexibility index (Phi) is 7.90. The Morgan fingerprint density at radius 1 is 1.26 bits per heavy atom. The van der Waals surface area contributed by atoms with Gasteiger partial charge in [-0.2, -0.15) is 13.2 Å². The highest BCUT2D eigenvalue weighted by molar-refractivity contribution is 7.09. The molecule has 2 N–H and O–H groups in total. The first kappa shape index (κ1) is 21.0. The summed E-state index contributed by atoms with van der Waals surface area (Å²) in [4.78, 5) is 8.07. The van der Waals surface area contributed by atoms with Crippen molar-refractivity contribution in [2.45, 2.75) is 39.5 Å². The number of aromatic nitrogens is 1. The van der Waals surface area contributed by atoms with Crippen molar-refractivity contribution in [1.29, 1.82) is 0 Å². The van der Waals surface area contributed by atoms with E-state index in [1.807, 2.05) is 38.1 Å². The summed E-state index contributed by atoms with van der Waals surface area (Å²) in [5.74, 6) is 1.31. The number of benzene rings is 1. The monoisotopic (exact) mass is 400 g/mol. The van der Waals surface area contributed by atoms with Gasteiger partial charge in [0, 0.05) is 11.9 Å². The fourth-order valence-corrected chi connectivity index (χ4v) is 2.89. The third-order valence-electron chi connectivity index (χ3n) is 3.38. The van der Waals surface area contributed by atoms with E-state index in [4.69, 9.17) is 4.74 Å². The first-order chi connectivity index (χ1) is 12.9. The van der Waals surface area contributed by atoms with Gasteiger partial charge < -0.3 is 15.4 Å². The number of aliphatic imine (C=N–C) groups is 1. The zero-order valence-electron chi connectivity index (χ0n) is 15.3. The number of hydrogen-bond donors (Lipinski definition) is 2. The van der Waals surface area contributed by atoms with Gasteiger partial charge in [-0.05, 0) is 31.0 Å². The van der Waals surface area contributed by atoms with Crippen molar-refractivity contribution in [1.82, 2.24) is 15.6 Å². The van der Waals surface area contributed by atoms with E-state index in [9.17, 15) is 13.2 Å². The number of halogens is 3. The van der Waals surface area contributed by atoms with E-state index in [1.54, 1.807) is 0 Å². The van der Waals surface area contributed by atoms with Gasteiger partial charge in [-0.3, -0.25) is 0 Å². The second-order valence-electron chi connectivity index (χ2n) is 5.67. The predicted molar refractivity (Wildman–Crippen MR) is 101 cm³/mol. The second-order valence-corrected chi connectivity index (χ2v) is 6.61. The molecule has 0 radical (unpaired) electrons. The molecule has 148 valence electrons. The average molecular weight is 400 g/mol. The predicted octanol–water partition coefficient (Wildman–Crippen LogP) is 4.21. The Bertz CT molecular complexity index is 746. The molecule has 0 saturated carbocycles. The fourth-order valence-electron chi connectivity index (χ4n) is 2.15. The molecule has 0 aliphatic carbocycles. The summed E-state index contributed by atoms with van der Waals surface area (Å²) in [6, 6.07) is 7.68. The van der Waals surface area contributed by atoms with Gasteiger partial charge >= 0.3 is 6.18 Å². The number of nitrogens with zero attached hydrogens (tertiary/aromatic N) is 2. The van der Waals surface area contributed by atoms with Crippen LogP contribution in [0.2, 0.25) is 0 Å². The zero-order valence-corrected chi connectivity index (χ0v) is 16.1. The molecule has 27 heavy (non-hydrogen) atoms. The zero-order chi connectivity index (χ0) is 19.7. The molecule has 0 aliphatic rings. The molecule has 0 atom stereocenters. The normalized spacial score (nSPS) is 12.1. The molecule has 0 bridgehead atoms. The van der Waals surface area contributed by atoms with Gasteiger partial charge in [0.2, 0.25) is 0 Å². The van der Waals surface area contributed by atoms with Crippen molar-refractivity contribution < 1.29 is 17.9 Å². The summed E-state index contributed by atoms with van der Waals surface area (Å²) < 4.78 is 43.5. The standard InChI is InChI=1S/C18H23F3N4OS/c1-3-8-26-14-7-5-6-13(9-14)10-23-17(22-4-2)24-11-16-25-15(12-27-16)18(19,20)21/h5-7,9,12H,3-4,8,10-11H2,1-2H3,(H2,22,23,24). The Balaban J connectivity index is 1.96. The van der Waals surface area contributed by atoms with Gasteiger partial charge in [-0.25, -0.2) is 9.98 Å². The molecule has 1 aromatic carbocycles. The van der Waals surface area contributed by atoms with Crippen molar-refractivity contribution in [2.24, 2.45) is 4.99 Å². The maximum Gasteiger partial charge on any atom is 0.434 e. The topological polar surface area (TPSA) is 58.5 Å². The smallest absolute Gasteiger partial charge is 0.434 e. The summed E-state index contributed by atoms with van der Waals surface area (Å²) in [6.45, 7) is 5.85. The molecule has 0 fully saturated rings. The Morgan fingerprint density at radius 3 is 2.74 bits per heavy atom. The van der Waals surface area contributed by atoms with E-state index in [-0.39, 0.29) is 6.54 Å². The van der Waals surface area contributed by atoms with E-state index in [2.05, 4.69) is 20.6 Å². The van der Waals surface area contributed by atoms with Crippen LogP contribution in [0.1, 0.15) is 36.5 Å². The molecule has 2 rings (SSSR count). The highest BCUT2D eigenvalue weighted by Gasteiger charge is 2.33. The fraction of sp³-hybridized carbons (Fsp3) is 0.444. The van der Waals surface area contributed by atoms with Crippen molar-refractivity contribution in [3.63, 3.8) is 0 Å². The molecular formula is C18H23F3N4OS. The van der Waals surface area contributed by atoms with Crippen molar-refractivity contribution in [3.05, 3.63) is 45.9 Å². The third kappa shape index (κ3) is 7.09. The third-order valence-corrected chi connectivity index (χ3v) is 4.23. The van der Waals surface area contributed by atoms with Crippen LogP contribution in [0.4, 0.5) is 13.2 Å². The molecule has 0 amide bonds. The van der Waals surface area contributed by atoms with E-state index in [1.165, 1.54) is 0 Å². The molecule has 0 saturated heterocycles. The number of ether oxygens (including phenoxy) is 1. The minimum atomic E-state index is -4.42.